The van der Waals surface area contributed by atoms with Crippen LogP contribution in [0.25, 0.3) is 11.0 Å². The number of ketones is 1. The molecule has 4 nitrogen and oxygen atoms in total. The molecule has 29 heavy (non-hydrogen) atoms. The smallest absolute Gasteiger partial charge is 0.203 e. The number of carbonyl (C=O) groups is 1. The molecule has 0 radical (unpaired) electrons. The van der Waals surface area contributed by atoms with Gasteiger partial charge in [-0.05, 0) is 42.2 Å². The van der Waals surface area contributed by atoms with Crippen LogP contribution < -0.4 is 5.62 Å². The van der Waals surface area contributed by atoms with Crippen LogP contribution in [0.2, 0.25) is 0 Å². The molecule has 0 fully saturated rings. The maximum absolute atomic E-state index is 12.8. The summed E-state index contributed by atoms with van der Waals surface area (Å²) in [7, 11) is 1.90. The molecular weight excluding hydrogens is 426 g/mol. The first-order valence-electron chi connectivity index (χ1n) is 9.59. The van der Waals surface area contributed by atoms with E-state index in [-0.39, 0.29) is 12.3 Å². The molecule has 0 unspecified atom stereocenters. The third kappa shape index (κ3) is 3.96. The van der Waals surface area contributed by atoms with Gasteiger partial charge in [0, 0.05) is 17.1 Å². The van der Waals surface area contributed by atoms with E-state index in [1.165, 1.54) is 11.1 Å². The van der Waals surface area contributed by atoms with Crippen molar-refractivity contribution in [2.45, 2.75) is 19.4 Å². The van der Waals surface area contributed by atoms with Gasteiger partial charge in [-0.2, -0.15) is 0 Å². The van der Waals surface area contributed by atoms with Crippen molar-refractivity contribution in [3.05, 3.63) is 99.6 Å². The van der Waals surface area contributed by atoms with E-state index >= 15 is 0 Å². The number of Topliss-reactive ketones (excluding diaryl/α,β-unsaturated/α-hetero) is 1. The minimum absolute atomic E-state index is 0.00168. The van der Waals surface area contributed by atoms with Crippen LogP contribution in [0.4, 0.5) is 0 Å². The summed E-state index contributed by atoms with van der Waals surface area (Å²) >= 11 is 3.40. The Labute approximate surface area is 178 Å². The van der Waals surface area contributed by atoms with Crippen LogP contribution in [0, 0.1) is 5.41 Å². The monoisotopic (exact) mass is 447 g/mol. The average Bonchev–Trinajstić information content (AvgIpc) is 2.99. The molecule has 0 saturated heterocycles. The van der Waals surface area contributed by atoms with Crippen molar-refractivity contribution in [3.63, 3.8) is 0 Å². The number of nitrogens with one attached hydrogen (secondary N) is 1. The van der Waals surface area contributed by atoms with Crippen LogP contribution in [-0.2, 0) is 26.4 Å². The zero-order valence-electron chi connectivity index (χ0n) is 16.2. The van der Waals surface area contributed by atoms with Crippen LogP contribution in [0.5, 0.6) is 0 Å². The quantitative estimate of drug-likeness (QED) is 0.420. The number of aryl methyl sites for hydroxylation is 3. The molecule has 4 aromatic rings. The van der Waals surface area contributed by atoms with Crippen molar-refractivity contribution in [1.29, 1.82) is 5.41 Å². The van der Waals surface area contributed by atoms with Gasteiger partial charge < -0.3 is 9.13 Å². The van der Waals surface area contributed by atoms with Crippen molar-refractivity contribution in [1.82, 2.24) is 9.13 Å². The molecule has 0 saturated carbocycles. The molecule has 0 aliphatic carbocycles. The van der Waals surface area contributed by atoms with Gasteiger partial charge >= 0.3 is 0 Å². The van der Waals surface area contributed by atoms with Crippen molar-refractivity contribution in [2.24, 2.45) is 7.05 Å². The van der Waals surface area contributed by atoms with E-state index < -0.39 is 0 Å². The van der Waals surface area contributed by atoms with Crippen LogP contribution in [0.1, 0.15) is 21.5 Å². The molecule has 0 amide bonds. The van der Waals surface area contributed by atoms with Crippen LogP contribution in [0.15, 0.2) is 77.3 Å². The molecule has 4 rings (SSSR count). The van der Waals surface area contributed by atoms with Gasteiger partial charge in [0.2, 0.25) is 5.62 Å². The molecule has 3 aromatic carbocycles. The molecule has 0 bridgehead atoms. The second-order valence-electron chi connectivity index (χ2n) is 7.17. The SMILES string of the molecule is Cn1c(=N)n(CC(=O)c2ccc(Br)cc2)c2cccc(CCc3ccccc3)c21. The number of aromatic nitrogens is 2. The Kier molecular flexibility index (Phi) is 5.49. The third-order valence-corrected chi connectivity index (χ3v) is 5.82. The standard InChI is InChI=1S/C24H22BrN3O/c1-27-23-19(11-10-17-6-3-2-4-7-17)8-5-9-21(23)28(24(27)26)16-22(29)18-12-14-20(25)15-13-18/h2-9,12-15,26H,10-11,16H2,1H3. The number of halogens is 1. The minimum atomic E-state index is -0.00168. The van der Waals surface area contributed by atoms with Gasteiger partial charge in [-0.3, -0.25) is 10.2 Å². The first-order chi connectivity index (χ1) is 14.0. The number of benzene rings is 3. The topological polar surface area (TPSA) is 50.8 Å². The Balaban J connectivity index is 1.67. The fraction of sp³-hybridized carbons (Fsp3) is 0.167. The summed E-state index contributed by atoms with van der Waals surface area (Å²) in [5.41, 5.74) is 5.42. The fourth-order valence-electron chi connectivity index (χ4n) is 3.74. The average molecular weight is 448 g/mol. The first kappa shape index (κ1) is 19.4. The zero-order chi connectivity index (χ0) is 20.4. The largest absolute Gasteiger partial charge is 0.313 e. The number of hydrogen-bond acceptors (Lipinski definition) is 2. The fourth-order valence-corrected chi connectivity index (χ4v) is 4.00. The van der Waals surface area contributed by atoms with E-state index in [0.29, 0.717) is 11.2 Å². The lowest BCUT2D eigenvalue weighted by molar-refractivity contribution is 0.0971. The number of hydrogen-bond donors (Lipinski definition) is 1. The lowest BCUT2D eigenvalue weighted by Crippen LogP contribution is -2.25. The molecule has 1 aromatic heterocycles. The molecule has 5 heteroatoms. The summed E-state index contributed by atoms with van der Waals surface area (Å²) in [5.74, 6) is -0.00168. The highest BCUT2D eigenvalue weighted by Gasteiger charge is 2.15. The third-order valence-electron chi connectivity index (χ3n) is 5.29. The van der Waals surface area contributed by atoms with E-state index in [0.717, 1.165) is 28.3 Å². The zero-order valence-corrected chi connectivity index (χ0v) is 17.8. The normalized spacial score (nSPS) is 11.1. The molecule has 0 spiro atoms. The van der Waals surface area contributed by atoms with Crippen LogP contribution in [-0.4, -0.2) is 14.9 Å². The second-order valence-corrected chi connectivity index (χ2v) is 8.08. The van der Waals surface area contributed by atoms with E-state index in [1.54, 1.807) is 4.57 Å². The number of carbonyl (C=O) groups excluding carboxylic acids is 1. The van der Waals surface area contributed by atoms with Crippen molar-refractivity contribution < 1.29 is 4.79 Å². The molecular formula is C24H22BrN3O. The summed E-state index contributed by atoms with van der Waals surface area (Å²) in [4.78, 5) is 12.8. The highest BCUT2D eigenvalue weighted by Crippen LogP contribution is 2.20. The van der Waals surface area contributed by atoms with E-state index in [4.69, 9.17) is 5.41 Å². The number of nitrogens with zero attached hydrogens (tertiary/aromatic N) is 2. The van der Waals surface area contributed by atoms with Gasteiger partial charge in [0.15, 0.2) is 5.78 Å². The van der Waals surface area contributed by atoms with Crippen LogP contribution in [0.3, 0.4) is 0 Å². The molecule has 0 aliphatic rings. The lowest BCUT2D eigenvalue weighted by Gasteiger charge is -2.07. The Morgan fingerprint density at radius 3 is 2.38 bits per heavy atom. The Morgan fingerprint density at radius 2 is 1.66 bits per heavy atom. The summed E-state index contributed by atoms with van der Waals surface area (Å²) < 4.78 is 4.62. The number of imidazole rings is 1. The van der Waals surface area contributed by atoms with E-state index in [1.807, 2.05) is 54.1 Å². The predicted octanol–water partition coefficient (Wildman–Crippen LogP) is 4.89. The van der Waals surface area contributed by atoms with Gasteiger partial charge in [-0.15, -0.1) is 0 Å². The molecule has 146 valence electrons. The van der Waals surface area contributed by atoms with Crippen LogP contribution >= 0.6 is 15.9 Å². The van der Waals surface area contributed by atoms with Crippen molar-refractivity contribution >= 4 is 32.7 Å². The van der Waals surface area contributed by atoms with Gasteiger partial charge in [-0.25, -0.2) is 0 Å². The second kappa shape index (κ2) is 8.21. The summed E-state index contributed by atoms with van der Waals surface area (Å²) in [6.07, 6.45) is 1.83. The van der Waals surface area contributed by atoms with Gasteiger partial charge in [-0.1, -0.05) is 70.5 Å². The Hall–Kier alpha value is -2.92. The maximum Gasteiger partial charge on any atom is 0.203 e. The molecule has 0 atom stereocenters. The van der Waals surface area contributed by atoms with E-state index in [2.05, 4.69) is 46.3 Å². The highest BCUT2D eigenvalue weighted by atomic mass is 79.9. The Morgan fingerprint density at radius 1 is 0.931 bits per heavy atom. The summed E-state index contributed by atoms with van der Waals surface area (Å²) in [6, 6.07) is 23.9. The molecule has 0 aliphatic heterocycles. The Bertz CT molecular complexity index is 1220. The molecule has 1 heterocycles. The highest BCUT2D eigenvalue weighted by molar-refractivity contribution is 9.10. The summed E-state index contributed by atoms with van der Waals surface area (Å²) in [6.45, 7) is 0.153. The number of para-hydroxylation sites is 1. The van der Waals surface area contributed by atoms with Crippen molar-refractivity contribution in [2.75, 3.05) is 0 Å². The minimum Gasteiger partial charge on any atom is -0.313 e. The van der Waals surface area contributed by atoms with Gasteiger partial charge in [0.25, 0.3) is 0 Å². The van der Waals surface area contributed by atoms with E-state index in [9.17, 15) is 4.79 Å². The lowest BCUT2D eigenvalue weighted by atomic mass is 10.0. The first-order valence-corrected chi connectivity index (χ1v) is 10.4. The number of fused-ring (bicyclic) bond motifs is 1. The summed E-state index contributed by atoms with van der Waals surface area (Å²) in [5, 5.41) is 8.57. The predicted molar refractivity (Wildman–Crippen MR) is 119 cm³/mol. The molecule has 1 N–H and O–H groups in total. The van der Waals surface area contributed by atoms with Crippen molar-refractivity contribution in [3.8, 4) is 0 Å². The maximum atomic E-state index is 12.8. The van der Waals surface area contributed by atoms with Gasteiger partial charge in [0.05, 0.1) is 17.6 Å². The van der Waals surface area contributed by atoms with Gasteiger partial charge in [0.1, 0.15) is 0 Å². The number of rotatable bonds is 6.